The molecule has 4 aromatic rings. The van der Waals surface area contributed by atoms with Crippen molar-refractivity contribution >= 4 is 94.7 Å². The van der Waals surface area contributed by atoms with Crippen LogP contribution in [0.2, 0.25) is 36.3 Å². The number of thioether (sulfide) groups is 1. The summed E-state index contributed by atoms with van der Waals surface area (Å²) in [5.74, 6) is 1.11. The Morgan fingerprint density at radius 1 is 0.952 bits per heavy atom. The number of aliphatic hydroxyl groups is 1. The average molecular weight is 991 g/mol. The summed E-state index contributed by atoms with van der Waals surface area (Å²) in [6, 6.07) is 0. The van der Waals surface area contributed by atoms with Gasteiger partial charge < -0.3 is 38.6 Å². The number of anilines is 1. The molecule has 3 aliphatic rings. The van der Waals surface area contributed by atoms with E-state index in [0.717, 1.165) is 34.6 Å². The molecule has 10 atom stereocenters. The van der Waals surface area contributed by atoms with Gasteiger partial charge in [-0.15, -0.1) is 11.8 Å². The third kappa shape index (κ3) is 9.83. The van der Waals surface area contributed by atoms with Crippen molar-refractivity contribution in [2.75, 3.05) is 30.9 Å². The first-order valence-corrected chi connectivity index (χ1v) is 33.0. The van der Waals surface area contributed by atoms with Gasteiger partial charge in [-0.05, 0) is 47.3 Å². The Hall–Kier alpha value is -1.41. The van der Waals surface area contributed by atoms with Crippen molar-refractivity contribution in [1.29, 1.82) is 0 Å². The lowest BCUT2D eigenvalue weighted by Gasteiger charge is -2.40. The summed E-state index contributed by atoms with van der Waals surface area (Å²) in [5.41, 5.74) is 8.57. The number of nitrogen functional groups attached to an aromatic ring is 1. The molecule has 3 unspecified atom stereocenters. The van der Waals surface area contributed by atoms with E-state index in [1.807, 2.05) is 10.8 Å². The molecule has 0 radical (unpaired) electrons. The zero-order chi connectivity index (χ0) is 45.2. The Bertz CT molecular complexity index is 2330. The highest BCUT2D eigenvalue weighted by atomic mass is 32.7. The molecule has 0 spiro atoms. The molecule has 62 heavy (non-hydrogen) atoms. The summed E-state index contributed by atoms with van der Waals surface area (Å²) in [4.78, 5) is 22.1. The number of aromatic nitrogens is 7. The van der Waals surface area contributed by atoms with Crippen LogP contribution in [0, 0.1) is 0 Å². The molecular formula is C37H60N8O10P2S3Si2. The van der Waals surface area contributed by atoms with Crippen LogP contribution in [0.1, 0.15) is 66.0 Å². The van der Waals surface area contributed by atoms with Crippen LogP contribution in [0.3, 0.4) is 0 Å². The number of imidazole rings is 1. The molecule has 4 aromatic heterocycles. The van der Waals surface area contributed by atoms with Crippen LogP contribution < -0.4 is 5.73 Å². The molecule has 0 bridgehead atoms. The van der Waals surface area contributed by atoms with Gasteiger partial charge in [0.25, 0.3) is 0 Å². The minimum Gasteiger partial charge on any atom is -0.407 e. The topological polar surface area (TPSA) is 219 Å². The summed E-state index contributed by atoms with van der Waals surface area (Å²) >= 11 is 10.3. The Balaban J connectivity index is 1.20. The minimum atomic E-state index is -4.33. The Morgan fingerprint density at radius 2 is 1.63 bits per heavy atom. The summed E-state index contributed by atoms with van der Waals surface area (Å²) in [7, 11) is -7.54. The fourth-order valence-electron chi connectivity index (χ4n) is 7.34. The first-order valence-electron chi connectivity index (χ1n) is 20.6. The molecule has 0 aliphatic carbocycles. The van der Waals surface area contributed by atoms with E-state index in [9.17, 15) is 14.2 Å². The third-order valence-electron chi connectivity index (χ3n) is 13.0. The highest BCUT2D eigenvalue weighted by molar-refractivity contribution is 8.44. The molecule has 7 heterocycles. The number of nitrogens with zero attached hydrogens (tertiary/aromatic N) is 7. The Morgan fingerprint density at radius 3 is 2.31 bits per heavy atom. The number of hydrogen-bond donors (Lipinski definition) is 4. The molecule has 2 saturated heterocycles. The maximum absolute atomic E-state index is 14.6. The van der Waals surface area contributed by atoms with Gasteiger partial charge in [0.15, 0.2) is 32.2 Å². The highest BCUT2D eigenvalue weighted by Crippen LogP contribution is 2.58. The number of hydrogen-bond acceptors (Lipinski definition) is 17. The van der Waals surface area contributed by atoms with Gasteiger partial charge >= 0.3 is 6.80 Å². The Labute approximate surface area is 379 Å². The third-order valence-corrected chi connectivity index (χ3v) is 25.9. The van der Waals surface area contributed by atoms with Crippen molar-refractivity contribution in [3.63, 3.8) is 0 Å². The van der Waals surface area contributed by atoms with Crippen molar-refractivity contribution < 1.29 is 46.4 Å². The van der Waals surface area contributed by atoms with Gasteiger partial charge in [-0.25, -0.2) is 29.5 Å². The number of ether oxygens (including phenoxy) is 3. The fraction of sp³-hybridized carbons (Fsp3) is 0.703. The SMILES string of the molecule is CC(C)(C)[Si](C)(C)CO[C@@H]1C(COP(=O)(S)O[C@H]2[C@@H](O[Si](C)(C)C(C)(C)C)[C@H](n3cc4c5c(ncnc53)SCCC4)O[C@@H]2CO)O[C@@H](n2cnc3c(N)ncnc32)[C@@H]1O[PH](=O)S. The highest BCUT2D eigenvalue weighted by Gasteiger charge is 2.55. The number of aliphatic hydroxyl groups excluding tert-OH is 1. The number of nitrogens with two attached hydrogens (primary N) is 1. The molecule has 0 aromatic carbocycles. The number of thiol groups is 2. The van der Waals surface area contributed by atoms with Gasteiger partial charge in [0.2, 0.25) is 7.23 Å². The first-order chi connectivity index (χ1) is 28.9. The van der Waals surface area contributed by atoms with Gasteiger partial charge in [0, 0.05) is 12.4 Å². The van der Waals surface area contributed by atoms with Crippen molar-refractivity contribution in [3.8, 4) is 0 Å². The lowest BCUT2D eigenvalue weighted by atomic mass is 10.1. The fourth-order valence-corrected chi connectivity index (χ4v) is 13.0. The number of rotatable bonds is 15. The van der Waals surface area contributed by atoms with Crippen LogP contribution in [0.4, 0.5) is 5.82 Å². The minimum absolute atomic E-state index is 0.0411. The Kier molecular flexibility index (Phi) is 14.4. The smallest absolute Gasteiger partial charge is 0.386 e. The zero-order valence-electron chi connectivity index (χ0n) is 36.8. The normalized spacial score (nSPS) is 27.8. The molecule has 3 N–H and O–H groups in total. The summed E-state index contributed by atoms with van der Waals surface area (Å²) < 4.78 is 76.4. The standard InChI is InChI=1S/C37H60N8O10P2S3Si2/c1-36(2,3)61(7,8)20-49-26-23(52-34(28(26)53-56(47)58)45-19-43-25-30(38)39-17-41-32(25)45)16-50-57(48,59)54-27-22(15-46)51-35(29(27)55-62(9,10)37(4,5)6)44-14-21-12-11-13-60-33-24(21)31(44)40-18-42-33/h14,17-19,22-23,26-29,34-35,46,56H,11-13,15-16,20H2,1-10H3,(H,47,58)(H,48,59)(H2,38,39,41)/t22-,23?,26-,27-,28-,29-,34-,35-,57?/m1/s1. The second-order valence-corrected chi connectivity index (χ2v) is 35.4. The molecule has 18 nitrogen and oxygen atoms in total. The molecule has 3 aliphatic heterocycles. The number of fused-ring (bicyclic) bond motifs is 1. The van der Waals surface area contributed by atoms with Crippen LogP contribution in [-0.4, -0.2) is 117 Å². The van der Waals surface area contributed by atoms with Gasteiger partial charge in [-0.2, -0.15) is 0 Å². The monoisotopic (exact) mass is 990 g/mol. The van der Waals surface area contributed by atoms with E-state index >= 15 is 0 Å². The molecular weight excluding hydrogens is 931 g/mol. The maximum Gasteiger partial charge on any atom is 0.386 e. The lowest BCUT2D eigenvalue weighted by molar-refractivity contribution is -0.0561. The van der Waals surface area contributed by atoms with E-state index in [-0.39, 0.29) is 22.5 Å². The molecule has 344 valence electrons. The van der Waals surface area contributed by atoms with Gasteiger partial charge in [-0.1, -0.05) is 79.1 Å². The summed E-state index contributed by atoms with van der Waals surface area (Å²) in [5, 5.41) is 12.4. The van der Waals surface area contributed by atoms with Crippen molar-refractivity contribution in [2.24, 2.45) is 0 Å². The van der Waals surface area contributed by atoms with E-state index in [1.165, 1.54) is 12.7 Å². The maximum atomic E-state index is 14.6. The second-order valence-electron chi connectivity index (χ2n) is 19.2. The summed E-state index contributed by atoms with van der Waals surface area (Å²) in [6.07, 6.45) is 0.929. The van der Waals surface area contributed by atoms with Crippen molar-refractivity contribution in [3.05, 3.63) is 30.7 Å². The van der Waals surface area contributed by atoms with E-state index in [0.29, 0.717) is 23.0 Å². The molecule has 25 heteroatoms. The quantitative estimate of drug-likeness (QED) is 0.0389. The lowest BCUT2D eigenvalue weighted by Crippen LogP contribution is -2.49. The zero-order valence-corrected chi connectivity index (χ0v) is 43.2. The molecule has 0 saturated carbocycles. The first kappa shape index (κ1) is 48.5. The van der Waals surface area contributed by atoms with Crippen LogP contribution in [0.15, 0.2) is 30.2 Å². The van der Waals surface area contributed by atoms with Gasteiger partial charge in [-0.3, -0.25) is 18.2 Å². The van der Waals surface area contributed by atoms with Crippen molar-refractivity contribution in [2.45, 2.75) is 145 Å². The average Bonchev–Trinajstić information content (AvgIpc) is 3.90. The van der Waals surface area contributed by atoms with Crippen LogP contribution in [-0.2, 0) is 47.8 Å². The predicted octanol–water partition coefficient (Wildman–Crippen LogP) is 7.65. The predicted molar refractivity (Wildman–Crippen MR) is 250 cm³/mol. The number of aryl methyl sites for hydroxylation is 1. The second kappa shape index (κ2) is 18.3. The van der Waals surface area contributed by atoms with Crippen LogP contribution in [0.25, 0.3) is 22.2 Å². The van der Waals surface area contributed by atoms with E-state index < -0.39 is 86.1 Å². The molecule has 7 rings (SSSR count). The van der Waals surface area contributed by atoms with Gasteiger partial charge in [0.05, 0.1) is 33.0 Å². The van der Waals surface area contributed by atoms with Crippen LogP contribution in [0.5, 0.6) is 0 Å². The van der Waals surface area contributed by atoms with Crippen LogP contribution >= 0.6 is 50.3 Å². The largest absolute Gasteiger partial charge is 0.407 e. The van der Waals surface area contributed by atoms with E-state index in [2.05, 4.69) is 112 Å². The van der Waals surface area contributed by atoms with Crippen molar-refractivity contribution in [1.82, 2.24) is 34.1 Å². The van der Waals surface area contributed by atoms with E-state index in [4.69, 9.17) is 42.9 Å². The summed E-state index contributed by atoms with van der Waals surface area (Å²) in [6.45, 7) is 16.4. The van der Waals surface area contributed by atoms with E-state index in [1.54, 1.807) is 22.7 Å². The van der Waals surface area contributed by atoms with Gasteiger partial charge in [0.1, 0.15) is 65.5 Å². The molecule has 2 fully saturated rings. The molecule has 0 amide bonds.